The Bertz CT molecular complexity index is 260. The van der Waals surface area contributed by atoms with Crippen LogP contribution in [-0.4, -0.2) is 24.7 Å². The fourth-order valence-electron chi connectivity index (χ4n) is 1.16. The fraction of sp³-hybridized carbons (Fsp3) is 0.625. The molecular formula is C8H12N2O3. The number of Topliss-reactive ketones (excluding diaryl/α,β-unsaturated/α-hetero) is 1. The van der Waals surface area contributed by atoms with Crippen molar-refractivity contribution in [2.75, 3.05) is 7.11 Å². The van der Waals surface area contributed by atoms with Crippen molar-refractivity contribution < 1.29 is 14.3 Å². The van der Waals surface area contributed by atoms with Gasteiger partial charge in [-0.2, -0.15) is 5.10 Å². The third-order valence-corrected chi connectivity index (χ3v) is 2.01. The number of nitrogens with zero attached hydrogens (tertiary/aromatic N) is 1. The van der Waals surface area contributed by atoms with Gasteiger partial charge in [0.15, 0.2) is 5.78 Å². The van der Waals surface area contributed by atoms with Crippen LogP contribution in [0.2, 0.25) is 0 Å². The molecule has 1 rings (SSSR count). The van der Waals surface area contributed by atoms with Gasteiger partial charge in [-0.3, -0.25) is 4.79 Å². The lowest BCUT2D eigenvalue weighted by atomic mass is 10.1. The third-order valence-electron chi connectivity index (χ3n) is 2.01. The molecule has 1 atom stereocenters. The Morgan fingerprint density at radius 1 is 1.69 bits per heavy atom. The lowest BCUT2D eigenvalue weighted by molar-refractivity contribution is -0.115. The van der Waals surface area contributed by atoms with Gasteiger partial charge in [-0.1, -0.05) is 6.92 Å². The fourth-order valence-corrected chi connectivity index (χ4v) is 1.16. The van der Waals surface area contributed by atoms with E-state index < -0.39 is 6.09 Å². The molecule has 0 aromatic heterocycles. The third kappa shape index (κ3) is 2.27. The van der Waals surface area contributed by atoms with Crippen LogP contribution in [0.5, 0.6) is 0 Å². The Balaban J connectivity index is 2.53. The molecule has 13 heavy (non-hydrogen) atoms. The van der Waals surface area contributed by atoms with Crippen LogP contribution in [0.3, 0.4) is 0 Å². The number of ether oxygens (including phenoxy) is 1. The second-order valence-corrected chi connectivity index (χ2v) is 2.97. The van der Waals surface area contributed by atoms with E-state index in [1.807, 2.05) is 6.92 Å². The Labute approximate surface area is 76.1 Å². The zero-order valence-corrected chi connectivity index (χ0v) is 7.66. The molecule has 0 spiro atoms. The van der Waals surface area contributed by atoms with Crippen LogP contribution in [0.4, 0.5) is 4.79 Å². The predicted molar refractivity (Wildman–Crippen MR) is 46.4 cm³/mol. The van der Waals surface area contributed by atoms with E-state index in [-0.39, 0.29) is 11.7 Å². The van der Waals surface area contributed by atoms with E-state index in [4.69, 9.17) is 0 Å². The van der Waals surface area contributed by atoms with Gasteiger partial charge in [0.1, 0.15) is 5.71 Å². The van der Waals surface area contributed by atoms with Crippen molar-refractivity contribution in [2.45, 2.75) is 19.8 Å². The Morgan fingerprint density at radius 3 is 2.85 bits per heavy atom. The molecule has 0 aliphatic heterocycles. The molecule has 1 aliphatic rings. The molecule has 5 nitrogen and oxygen atoms in total. The number of hydrogen-bond acceptors (Lipinski definition) is 4. The van der Waals surface area contributed by atoms with Crippen molar-refractivity contribution in [3.8, 4) is 0 Å². The first-order chi connectivity index (χ1) is 6.15. The summed E-state index contributed by atoms with van der Waals surface area (Å²) in [4.78, 5) is 21.9. The molecule has 0 aromatic carbocycles. The van der Waals surface area contributed by atoms with Crippen LogP contribution in [0.1, 0.15) is 19.8 Å². The molecular weight excluding hydrogens is 172 g/mol. The Morgan fingerprint density at radius 2 is 2.38 bits per heavy atom. The number of amides is 1. The summed E-state index contributed by atoms with van der Waals surface area (Å²) in [6.07, 6.45) is 0.782. The lowest BCUT2D eigenvalue weighted by Crippen LogP contribution is -2.21. The molecule has 1 amide bonds. The van der Waals surface area contributed by atoms with Gasteiger partial charge >= 0.3 is 6.09 Å². The summed E-state index contributed by atoms with van der Waals surface area (Å²) in [6, 6.07) is 0. The largest absolute Gasteiger partial charge is 0.452 e. The van der Waals surface area contributed by atoms with E-state index >= 15 is 0 Å². The molecule has 0 radical (unpaired) electrons. The second kappa shape index (κ2) is 4.02. The van der Waals surface area contributed by atoms with Crippen molar-refractivity contribution >= 4 is 17.6 Å². The first kappa shape index (κ1) is 9.70. The van der Waals surface area contributed by atoms with Crippen LogP contribution in [0, 0.1) is 5.92 Å². The summed E-state index contributed by atoms with van der Waals surface area (Å²) < 4.78 is 4.30. The molecule has 5 heteroatoms. The minimum atomic E-state index is -0.653. The molecule has 1 unspecified atom stereocenters. The highest BCUT2D eigenvalue weighted by atomic mass is 16.5. The highest BCUT2D eigenvalue weighted by Gasteiger charge is 2.26. The van der Waals surface area contributed by atoms with Crippen LogP contribution in [0.25, 0.3) is 0 Å². The topological polar surface area (TPSA) is 67.8 Å². The van der Waals surface area contributed by atoms with Gasteiger partial charge in [0.2, 0.25) is 0 Å². The van der Waals surface area contributed by atoms with Gasteiger partial charge < -0.3 is 4.74 Å². The predicted octanol–water partition coefficient (Wildman–Crippen LogP) is 0.697. The van der Waals surface area contributed by atoms with E-state index in [0.717, 1.165) is 6.42 Å². The van der Waals surface area contributed by atoms with Gasteiger partial charge in [-0.15, -0.1) is 0 Å². The maximum absolute atomic E-state index is 11.3. The van der Waals surface area contributed by atoms with E-state index in [1.54, 1.807) is 0 Å². The van der Waals surface area contributed by atoms with Crippen molar-refractivity contribution in [3.63, 3.8) is 0 Å². The molecule has 0 aromatic rings. The summed E-state index contributed by atoms with van der Waals surface area (Å²) in [7, 11) is 1.24. The Kier molecular flexibility index (Phi) is 3.00. The van der Waals surface area contributed by atoms with Gasteiger partial charge in [-0.25, -0.2) is 10.2 Å². The number of rotatable bonds is 1. The standard InChI is InChI=1S/C8H12N2O3/c1-5-3-4-6(7(5)11)9-10-8(12)13-2/h5H,3-4H2,1-2H3,(H,10,12)/b9-6-. The normalized spacial score (nSPS) is 24.9. The van der Waals surface area contributed by atoms with Crippen molar-refractivity contribution in [2.24, 2.45) is 11.0 Å². The molecule has 0 bridgehead atoms. The lowest BCUT2D eigenvalue weighted by Gasteiger charge is -1.98. The monoisotopic (exact) mass is 184 g/mol. The zero-order chi connectivity index (χ0) is 9.84. The number of hydrazone groups is 1. The number of ketones is 1. The van der Waals surface area contributed by atoms with Crippen LogP contribution >= 0.6 is 0 Å². The van der Waals surface area contributed by atoms with Gasteiger partial charge in [0.25, 0.3) is 0 Å². The first-order valence-electron chi connectivity index (χ1n) is 4.10. The highest BCUT2D eigenvalue weighted by Crippen LogP contribution is 2.18. The SMILES string of the molecule is COC(=O)N/N=C1/CCC(C)C1=O. The molecule has 1 fully saturated rings. The van der Waals surface area contributed by atoms with Gasteiger partial charge in [0, 0.05) is 5.92 Å². The quantitative estimate of drug-likeness (QED) is 0.610. The summed E-state index contributed by atoms with van der Waals surface area (Å²) >= 11 is 0. The maximum Gasteiger partial charge on any atom is 0.427 e. The Hall–Kier alpha value is -1.39. The minimum Gasteiger partial charge on any atom is -0.452 e. The second-order valence-electron chi connectivity index (χ2n) is 2.97. The average molecular weight is 184 g/mol. The molecule has 72 valence electrons. The first-order valence-corrected chi connectivity index (χ1v) is 4.10. The van der Waals surface area contributed by atoms with Crippen molar-refractivity contribution in [1.29, 1.82) is 0 Å². The molecule has 0 saturated heterocycles. The van der Waals surface area contributed by atoms with Crippen molar-refractivity contribution in [3.05, 3.63) is 0 Å². The maximum atomic E-state index is 11.3. The van der Waals surface area contributed by atoms with Crippen molar-refractivity contribution in [1.82, 2.24) is 5.43 Å². The summed E-state index contributed by atoms with van der Waals surface area (Å²) in [5.74, 6) is 0.0367. The molecule has 1 aliphatic carbocycles. The molecule has 1 saturated carbocycles. The molecule has 0 heterocycles. The average Bonchev–Trinajstić information content (AvgIpc) is 2.44. The van der Waals surface area contributed by atoms with E-state index in [0.29, 0.717) is 12.1 Å². The van der Waals surface area contributed by atoms with Crippen LogP contribution in [0.15, 0.2) is 5.10 Å². The zero-order valence-electron chi connectivity index (χ0n) is 7.66. The number of nitrogens with one attached hydrogen (secondary N) is 1. The highest BCUT2D eigenvalue weighted by molar-refractivity contribution is 6.42. The van der Waals surface area contributed by atoms with Crippen LogP contribution in [-0.2, 0) is 9.53 Å². The smallest absolute Gasteiger partial charge is 0.427 e. The summed E-state index contributed by atoms with van der Waals surface area (Å²) in [6.45, 7) is 1.85. The van der Waals surface area contributed by atoms with Gasteiger partial charge in [-0.05, 0) is 12.8 Å². The summed E-state index contributed by atoms with van der Waals surface area (Å²) in [5.41, 5.74) is 2.56. The number of carbonyl (C=O) groups excluding carboxylic acids is 2. The minimum absolute atomic E-state index is 0.0106. The van der Waals surface area contributed by atoms with Gasteiger partial charge in [0.05, 0.1) is 7.11 Å². The number of methoxy groups -OCH3 is 1. The van der Waals surface area contributed by atoms with E-state index in [9.17, 15) is 9.59 Å². The summed E-state index contributed by atoms with van der Waals surface area (Å²) in [5, 5.41) is 3.67. The van der Waals surface area contributed by atoms with E-state index in [1.165, 1.54) is 7.11 Å². The number of carbonyl (C=O) groups is 2. The molecule has 1 N–H and O–H groups in total. The van der Waals surface area contributed by atoms with Crippen LogP contribution < -0.4 is 5.43 Å². The van der Waals surface area contributed by atoms with E-state index in [2.05, 4.69) is 15.3 Å². The number of hydrogen-bond donors (Lipinski definition) is 1.